The fourth-order valence-electron chi connectivity index (χ4n) is 4.37. The third kappa shape index (κ3) is 4.26. The fourth-order valence-corrected chi connectivity index (χ4v) is 4.37. The largest absolute Gasteiger partial charge is 0.491 e. The molecule has 4 rings (SSSR count). The zero-order valence-electron chi connectivity index (χ0n) is 17.3. The van der Waals surface area contributed by atoms with E-state index in [0.29, 0.717) is 18.2 Å². The zero-order valence-corrected chi connectivity index (χ0v) is 18.1. The van der Waals surface area contributed by atoms with Gasteiger partial charge in [-0.3, -0.25) is 4.79 Å². The molecule has 0 aliphatic carbocycles. The van der Waals surface area contributed by atoms with Crippen LogP contribution in [0.3, 0.4) is 0 Å². The van der Waals surface area contributed by atoms with Crippen LogP contribution in [0.15, 0.2) is 24.3 Å². The van der Waals surface area contributed by atoms with Gasteiger partial charge in [0.25, 0.3) is 5.91 Å². The molecule has 2 saturated heterocycles. The molecule has 0 saturated carbocycles. The Morgan fingerprint density at radius 3 is 2.62 bits per heavy atom. The first-order valence-electron chi connectivity index (χ1n) is 10.3. The van der Waals surface area contributed by atoms with Crippen LogP contribution in [0.4, 0.5) is 0 Å². The van der Waals surface area contributed by atoms with Gasteiger partial charge < -0.3 is 15.0 Å². The van der Waals surface area contributed by atoms with E-state index >= 15 is 0 Å². The molecule has 7 nitrogen and oxygen atoms in total. The van der Waals surface area contributed by atoms with Gasteiger partial charge in [0.05, 0.1) is 17.5 Å². The van der Waals surface area contributed by atoms with Gasteiger partial charge in [0.1, 0.15) is 5.75 Å². The monoisotopic (exact) mass is 419 g/mol. The zero-order chi connectivity index (χ0) is 19.7. The number of rotatable bonds is 5. The van der Waals surface area contributed by atoms with Crippen molar-refractivity contribution in [3.63, 3.8) is 0 Å². The van der Waals surface area contributed by atoms with Gasteiger partial charge in [-0.05, 0) is 70.3 Å². The maximum atomic E-state index is 13.4. The summed E-state index contributed by atoms with van der Waals surface area (Å²) < 4.78 is 7.50. The first-order valence-corrected chi connectivity index (χ1v) is 10.3. The van der Waals surface area contributed by atoms with Crippen molar-refractivity contribution in [2.45, 2.75) is 64.6 Å². The summed E-state index contributed by atoms with van der Waals surface area (Å²) >= 11 is 0. The summed E-state index contributed by atoms with van der Waals surface area (Å²) in [6, 6.07) is 8.35. The van der Waals surface area contributed by atoms with E-state index in [9.17, 15) is 4.79 Å². The number of ether oxygens (including phenoxy) is 1. The van der Waals surface area contributed by atoms with Crippen molar-refractivity contribution in [2.75, 3.05) is 13.1 Å². The summed E-state index contributed by atoms with van der Waals surface area (Å²) in [5.74, 6) is 0.848. The number of hydrogen-bond acceptors (Lipinski definition) is 5. The molecule has 8 heteroatoms. The van der Waals surface area contributed by atoms with Gasteiger partial charge in [-0.1, -0.05) is 12.1 Å². The Kier molecular flexibility index (Phi) is 6.80. The van der Waals surface area contributed by atoms with Gasteiger partial charge in [-0.2, -0.15) is 0 Å². The number of carbonyl (C=O) groups excluding carboxylic acids is 1. The highest BCUT2D eigenvalue weighted by molar-refractivity contribution is 5.94. The quantitative estimate of drug-likeness (QED) is 0.806. The number of carbonyl (C=O) groups is 1. The van der Waals surface area contributed by atoms with E-state index in [1.807, 2.05) is 45.0 Å². The topological polar surface area (TPSA) is 72.3 Å². The highest BCUT2D eigenvalue weighted by Gasteiger charge is 2.40. The molecule has 3 heterocycles. The first kappa shape index (κ1) is 21.6. The lowest BCUT2D eigenvalue weighted by atomic mass is 10.1. The standard InChI is InChI=1S/C21H29N5O2.ClH/c1-4-19-20(21(27)25-15-5-6-17(25)13-22-12-11-15)23-24-26(19)16-7-9-18(10-8-16)28-14(2)3;/h7-10,14-15,17,22H,4-6,11-13H2,1-3H3;1H. The normalized spacial score (nSPS) is 21.0. The molecular weight excluding hydrogens is 390 g/mol. The second kappa shape index (κ2) is 9.13. The van der Waals surface area contributed by atoms with Crippen molar-refractivity contribution >= 4 is 18.3 Å². The Labute approximate surface area is 178 Å². The van der Waals surface area contributed by atoms with E-state index in [1.165, 1.54) is 0 Å². The molecule has 1 aromatic carbocycles. The fraction of sp³-hybridized carbons (Fsp3) is 0.571. The molecule has 2 atom stereocenters. The van der Waals surface area contributed by atoms with Crippen molar-refractivity contribution in [3.05, 3.63) is 35.7 Å². The van der Waals surface area contributed by atoms with Crippen LogP contribution in [0, 0.1) is 0 Å². The summed E-state index contributed by atoms with van der Waals surface area (Å²) in [5.41, 5.74) is 2.24. The maximum absolute atomic E-state index is 13.4. The number of nitrogens with one attached hydrogen (secondary N) is 1. The van der Waals surface area contributed by atoms with Crippen LogP contribution < -0.4 is 10.1 Å². The predicted octanol–water partition coefficient (Wildman–Crippen LogP) is 3.01. The van der Waals surface area contributed by atoms with E-state index in [4.69, 9.17) is 4.74 Å². The minimum absolute atomic E-state index is 0. The molecule has 2 aliphatic rings. The Morgan fingerprint density at radius 1 is 1.21 bits per heavy atom. The summed E-state index contributed by atoms with van der Waals surface area (Å²) in [7, 11) is 0. The molecule has 2 bridgehead atoms. The lowest BCUT2D eigenvalue weighted by Crippen LogP contribution is -2.43. The van der Waals surface area contributed by atoms with E-state index in [-0.39, 0.29) is 30.5 Å². The van der Waals surface area contributed by atoms with Crippen LogP contribution in [0.2, 0.25) is 0 Å². The molecule has 2 aliphatic heterocycles. The van der Waals surface area contributed by atoms with Crippen molar-refractivity contribution in [2.24, 2.45) is 0 Å². The summed E-state index contributed by atoms with van der Waals surface area (Å²) in [5, 5.41) is 12.1. The number of fused-ring (bicyclic) bond motifs is 2. The molecule has 2 fully saturated rings. The SMILES string of the molecule is CCc1c(C(=O)N2C3CCNCC2CC3)nnn1-c1ccc(OC(C)C)cc1.Cl. The third-order valence-corrected chi connectivity index (χ3v) is 5.64. The second-order valence-corrected chi connectivity index (χ2v) is 7.90. The lowest BCUT2D eigenvalue weighted by molar-refractivity contribution is 0.0673. The van der Waals surface area contributed by atoms with Crippen molar-refractivity contribution in [1.29, 1.82) is 0 Å². The molecule has 1 aromatic heterocycles. The number of benzene rings is 1. The van der Waals surface area contributed by atoms with E-state index in [0.717, 1.165) is 49.5 Å². The Balaban J connectivity index is 0.00000240. The minimum atomic E-state index is 0. The average Bonchev–Trinajstić information content (AvgIpc) is 3.21. The molecule has 2 unspecified atom stereocenters. The van der Waals surface area contributed by atoms with Crippen molar-refractivity contribution in [3.8, 4) is 11.4 Å². The summed E-state index contributed by atoms with van der Waals surface area (Å²) in [6.45, 7) is 7.90. The van der Waals surface area contributed by atoms with Crippen LogP contribution in [-0.4, -0.2) is 57.1 Å². The van der Waals surface area contributed by atoms with Crippen molar-refractivity contribution < 1.29 is 9.53 Å². The molecule has 0 spiro atoms. The highest BCUT2D eigenvalue weighted by atomic mass is 35.5. The van der Waals surface area contributed by atoms with E-state index in [1.54, 1.807) is 4.68 Å². The Morgan fingerprint density at radius 2 is 1.93 bits per heavy atom. The smallest absolute Gasteiger partial charge is 0.276 e. The molecule has 29 heavy (non-hydrogen) atoms. The number of hydrogen-bond donors (Lipinski definition) is 1. The molecule has 1 N–H and O–H groups in total. The second-order valence-electron chi connectivity index (χ2n) is 7.90. The van der Waals surface area contributed by atoms with E-state index < -0.39 is 0 Å². The van der Waals surface area contributed by atoms with Gasteiger partial charge in [-0.15, -0.1) is 17.5 Å². The van der Waals surface area contributed by atoms with Crippen LogP contribution in [-0.2, 0) is 6.42 Å². The molecular formula is C21H30ClN5O2. The van der Waals surface area contributed by atoms with Gasteiger partial charge in [0.2, 0.25) is 0 Å². The Bertz CT molecular complexity index is 822. The maximum Gasteiger partial charge on any atom is 0.276 e. The molecule has 0 radical (unpaired) electrons. The molecule has 1 amide bonds. The minimum Gasteiger partial charge on any atom is -0.491 e. The van der Waals surface area contributed by atoms with E-state index in [2.05, 4.69) is 20.5 Å². The van der Waals surface area contributed by atoms with Crippen molar-refractivity contribution in [1.82, 2.24) is 25.2 Å². The third-order valence-electron chi connectivity index (χ3n) is 5.64. The van der Waals surface area contributed by atoms with Gasteiger partial charge in [0, 0.05) is 18.6 Å². The molecule has 158 valence electrons. The van der Waals surface area contributed by atoms with Crippen LogP contribution >= 0.6 is 12.4 Å². The lowest BCUT2D eigenvalue weighted by Gasteiger charge is -2.27. The predicted molar refractivity (Wildman–Crippen MR) is 114 cm³/mol. The number of nitrogens with zero attached hydrogens (tertiary/aromatic N) is 4. The van der Waals surface area contributed by atoms with Gasteiger partial charge in [-0.25, -0.2) is 4.68 Å². The summed E-state index contributed by atoms with van der Waals surface area (Å²) in [4.78, 5) is 15.4. The number of halogens is 1. The highest BCUT2D eigenvalue weighted by Crippen LogP contribution is 2.30. The van der Waals surface area contributed by atoms with Gasteiger partial charge in [0.15, 0.2) is 5.69 Å². The van der Waals surface area contributed by atoms with Crippen LogP contribution in [0.5, 0.6) is 5.75 Å². The van der Waals surface area contributed by atoms with Crippen LogP contribution in [0.1, 0.15) is 56.2 Å². The number of aromatic nitrogens is 3. The average molecular weight is 420 g/mol. The number of amides is 1. The first-order chi connectivity index (χ1) is 13.6. The Hall–Kier alpha value is -2.12. The summed E-state index contributed by atoms with van der Waals surface area (Å²) in [6.07, 6.45) is 3.99. The van der Waals surface area contributed by atoms with Gasteiger partial charge >= 0.3 is 0 Å². The van der Waals surface area contributed by atoms with Crippen LogP contribution in [0.25, 0.3) is 5.69 Å². The molecule has 2 aromatic rings.